The molecule has 0 radical (unpaired) electrons. The number of piperidine rings is 1. The molecule has 1 aliphatic heterocycles. The molecule has 1 aromatic heterocycles. The van der Waals surface area contributed by atoms with Crippen molar-refractivity contribution in [1.82, 2.24) is 9.80 Å². The third-order valence-electron chi connectivity index (χ3n) is 4.74. The molecule has 5 nitrogen and oxygen atoms in total. The molecule has 1 aliphatic carbocycles. The van der Waals surface area contributed by atoms with Crippen molar-refractivity contribution in [1.29, 1.82) is 0 Å². The summed E-state index contributed by atoms with van der Waals surface area (Å²) < 4.78 is 5.50. The van der Waals surface area contributed by atoms with Crippen molar-refractivity contribution < 1.29 is 14.0 Å². The van der Waals surface area contributed by atoms with E-state index < -0.39 is 0 Å². The number of hydrogen-bond donors (Lipinski definition) is 0. The minimum Gasteiger partial charge on any atom is -0.468 e. The molecule has 1 saturated heterocycles. The van der Waals surface area contributed by atoms with Crippen molar-refractivity contribution >= 4 is 11.8 Å². The van der Waals surface area contributed by atoms with Crippen LogP contribution in [0, 0.1) is 5.92 Å². The van der Waals surface area contributed by atoms with Crippen molar-refractivity contribution in [3.8, 4) is 0 Å². The van der Waals surface area contributed by atoms with Crippen LogP contribution in [0.3, 0.4) is 0 Å². The van der Waals surface area contributed by atoms with Gasteiger partial charge in [-0.25, -0.2) is 0 Å². The van der Waals surface area contributed by atoms with Crippen LogP contribution in [0.15, 0.2) is 16.7 Å². The van der Waals surface area contributed by atoms with Crippen molar-refractivity contribution in [3.63, 3.8) is 0 Å². The van der Waals surface area contributed by atoms with Crippen molar-refractivity contribution in [2.45, 2.75) is 38.0 Å². The SMILES string of the molecule is CN(C)C(=O)CC1CCN(C(=O)c2ccoc2C2CC2)CC1. The average Bonchev–Trinajstić information content (AvgIpc) is 3.24. The standard InChI is InChI=1S/C17H24N2O3/c1-18(2)15(20)11-12-5-8-19(9-6-12)17(21)14-7-10-22-16(14)13-3-4-13/h7,10,12-13H,3-6,8-9,11H2,1-2H3. The molecule has 120 valence electrons. The molecule has 2 aliphatic rings. The first-order valence-corrected chi connectivity index (χ1v) is 8.13. The Labute approximate surface area is 131 Å². The number of nitrogens with zero attached hydrogens (tertiary/aromatic N) is 2. The monoisotopic (exact) mass is 304 g/mol. The van der Waals surface area contributed by atoms with Gasteiger partial charge >= 0.3 is 0 Å². The summed E-state index contributed by atoms with van der Waals surface area (Å²) in [5.41, 5.74) is 0.741. The smallest absolute Gasteiger partial charge is 0.257 e. The summed E-state index contributed by atoms with van der Waals surface area (Å²) in [4.78, 5) is 28.0. The van der Waals surface area contributed by atoms with Gasteiger partial charge in [-0.05, 0) is 37.7 Å². The summed E-state index contributed by atoms with van der Waals surface area (Å²) in [5, 5.41) is 0. The molecule has 0 unspecified atom stereocenters. The Morgan fingerprint density at radius 2 is 1.91 bits per heavy atom. The minimum absolute atomic E-state index is 0.0908. The molecule has 0 N–H and O–H groups in total. The topological polar surface area (TPSA) is 53.8 Å². The van der Waals surface area contributed by atoms with Crippen molar-refractivity contribution in [2.24, 2.45) is 5.92 Å². The van der Waals surface area contributed by atoms with E-state index in [0.29, 0.717) is 18.3 Å². The second-order valence-electron chi connectivity index (χ2n) is 6.70. The Morgan fingerprint density at radius 1 is 1.23 bits per heavy atom. The third-order valence-corrected chi connectivity index (χ3v) is 4.74. The summed E-state index contributed by atoms with van der Waals surface area (Å²) >= 11 is 0. The van der Waals surface area contributed by atoms with Gasteiger partial charge in [-0.3, -0.25) is 9.59 Å². The molecule has 5 heteroatoms. The van der Waals surface area contributed by atoms with Crippen LogP contribution in [0.5, 0.6) is 0 Å². The van der Waals surface area contributed by atoms with Gasteiger partial charge < -0.3 is 14.2 Å². The van der Waals surface area contributed by atoms with E-state index in [2.05, 4.69) is 0 Å². The Hall–Kier alpha value is -1.78. The van der Waals surface area contributed by atoms with E-state index in [4.69, 9.17) is 4.42 Å². The van der Waals surface area contributed by atoms with E-state index in [0.717, 1.165) is 50.1 Å². The molecule has 0 spiro atoms. The number of rotatable bonds is 4. The van der Waals surface area contributed by atoms with E-state index in [1.807, 2.05) is 4.90 Å². The predicted octanol–water partition coefficient (Wildman–Crippen LogP) is 2.49. The molecule has 1 saturated carbocycles. The summed E-state index contributed by atoms with van der Waals surface area (Å²) in [5.74, 6) is 1.98. The third kappa shape index (κ3) is 3.18. The molecule has 3 rings (SSSR count). The second-order valence-corrected chi connectivity index (χ2v) is 6.70. The zero-order valence-corrected chi connectivity index (χ0v) is 13.4. The first-order valence-electron chi connectivity index (χ1n) is 8.13. The number of furan rings is 1. The fourth-order valence-electron chi connectivity index (χ4n) is 3.10. The molecular weight excluding hydrogens is 280 g/mol. The molecule has 0 atom stereocenters. The quantitative estimate of drug-likeness (QED) is 0.858. The Balaban J connectivity index is 1.56. The lowest BCUT2D eigenvalue weighted by molar-refractivity contribution is -0.129. The average molecular weight is 304 g/mol. The van der Waals surface area contributed by atoms with E-state index in [1.165, 1.54) is 0 Å². The van der Waals surface area contributed by atoms with Gasteiger partial charge in [0.15, 0.2) is 0 Å². The summed E-state index contributed by atoms with van der Waals surface area (Å²) in [6, 6.07) is 1.80. The summed E-state index contributed by atoms with van der Waals surface area (Å²) in [6.07, 6.45) is 6.28. The Morgan fingerprint density at radius 3 is 2.50 bits per heavy atom. The van der Waals surface area contributed by atoms with Crippen LogP contribution in [0.2, 0.25) is 0 Å². The van der Waals surface area contributed by atoms with Crippen molar-refractivity contribution in [2.75, 3.05) is 27.2 Å². The largest absolute Gasteiger partial charge is 0.468 e. The molecule has 1 aromatic rings. The van der Waals surface area contributed by atoms with E-state index in [-0.39, 0.29) is 11.8 Å². The zero-order chi connectivity index (χ0) is 15.7. The van der Waals surface area contributed by atoms with Gasteiger partial charge in [-0.15, -0.1) is 0 Å². The molecule has 22 heavy (non-hydrogen) atoms. The van der Waals surface area contributed by atoms with E-state index >= 15 is 0 Å². The molecule has 2 heterocycles. The number of carbonyl (C=O) groups excluding carboxylic acids is 2. The highest BCUT2D eigenvalue weighted by Gasteiger charge is 2.33. The number of hydrogen-bond acceptors (Lipinski definition) is 3. The molecule has 0 bridgehead atoms. The summed E-state index contributed by atoms with van der Waals surface area (Å²) in [7, 11) is 3.58. The molecule has 2 fully saturated rings. The van der Waals surface area contributed by atoms with Gasteiger partial charge in [0.25, 0.3) is 5.91 Å². The van der Waals surface area contributed by atoms with Crippen LogP contribution >= 0.6 is 0 Å². The van der Waals surface area contributed by atoms with Crippen LogP contribution in [-0.2, 0) is 4.79 Å². The lowest BCUT2D eigenvalue weighted by Crippen LogP contribution is -2.39. The Bertz CT molecular complexity index is 552. The number of amides is 2. The van der Waals surface area contributed by atoms with Gasteiger partial charge in [0, 0.05) is 39.5 Å². The first-order chi connectivity index (χ1) is 10.6. The fraction of sp³-hybridized carbons (Fsp3) is 0.647. The van der Waals surface area contributed by atoms with E-state index in [1.54, 1.807) is 31.3 Å². The maximum absolute atomic E-state index is 12.6. The van der Waals surface area contributed by atoms with Gasteiger partial charge in [0.2, 0.25) is 5.91 Å². The lowest BCUT2D eigenvalue weighted by atomic mass is 9.92. The normalized spacial score (nSPS) is 19.3. The highest BCUT2D eigenvalue weighted by atomic mass is 16.3. The van der Waals surface area contributed by atoms with Gasteiger partial charge in [0.05, 0.1) is 11.8 Å². The predicted molar refractivity (Wildman–Crippen MR) is 82.6 cm³/mol. The highest BCUT2D eigenvalue weighted by Crippen LogP contribution is 2.42. The van der Waals surface area contributed by atoms with E-state index in [9.17, 15) is 9.59 Å². The van der Waals surface area contributed by atoms with Crippen LogP contribution in [0.4, 0.5) is 0 Å². The molecule has 2 amide bonds. The van der Waals surface area contributed by atoms with Crippen LogP contribution < -0.4 is 0 Å². The van der Waals surface area contributed by atoms with Crippen LogP contribution in [0.25, 0.3) is 0 Å². The van der Waals surface area contributed by atoms with Gasteiger partial charge in [-0.1, -0.05) is 0 Å². The zero-order valence-electron chi connectivity index (χ0n) is 13.4. The van der Waals surface area contributed by atoms with Gasteiger partial charge in [-0.2, -0.15) is 0 Å². The van der Waals surface area contributed by atoms with Crippen molar-refractivity contribution in [3.05, 3.63) is 23.7 Å². The fourth-order valence-corrected chi connectivity index (χ4v) is 3.10. The number of likely N-dealkylation sites (tertiary alicyclic amines) is 1. The minimum atomic E-state index is 0.0908. The second kappa shape index (κ2) is 6.15. The maximum atomic E-state index is 12.6. The molecule has 0 aromatic carbocycles. The van der Waals surface area contributed by atoms with Gasteiger partial charge in [0.1, 0.15) is 5.76 Å². The highest BCUT2D eigenvalue weighted by molar-refractivity contribution is 5.95. The summed E-state index contributed by atoms with van der Waals surface area (Å²) in [6.45, 7) is 1.47. The Kier molecular flexibility index (Phi) is 4.23. The van der Waals surface area contributed by atoms with Crippen LogP contribution in [0.1, 0.15) is 54.1 Å². The lowest BCUT2D eigenvalue weighted by Gasteiger charge is -2.32. The molecular formula is C17H24N2O3. The maximum Gasteiger partial charge on any atom is 0.257 e. The van der Waals surface area contributed by atoms with Crippen LogP contribution in [-0.4, -0.2) is 48.8 Å². The first kappa shape index (κ1) is 15.1. The number of carbonyl (C=O) groups is 2.